The van der Waals surface area contributed by atoms with E-state index in [1.54, 1.807) is 0 Å². The van der Waals surface area contributed by atoms with Gasteiger partial charge >= 0.3 is 5.97 Å². The lowest BCUT2D eigenvalue weighted by Crippen LogP contribution is -2.15. The van der Waals surface area contributed by atoms with E-state index in [2.05, 4.69) is 10.0 Å². The van der Waals surface area contributed by atoms with Crippen LogP contribution in [-0.2, 0) is 19.6 Å². The number of aliphatic carboxylic acids is 1. The lowest BCUT2D eigenvalue weighted by Gasteiger charge is -2.14. The number of amides is 1. The minimum atomic E-state index is -4.10. The first kappa shape index (κ1) is 21.3. The number of carboxylic acids is 1. The molecule has 2 rings (SSSR count). The lowest BCUT2D eigenvalue weighted by atomic mass is 10.2. The Morgan fingerprint density at radius 3 is 2.46 bits per heavy atom. The maximum Gasteiger partial charge on any atom is 0.328 e. The van der Waals surface area contributed by atoms with E-state index in [1.807, 2.05) is 0 Å². The number of benzene rings is 2. The molecule has 0 aliphatic rings. The maximum absolute atomic E-state index is 12.8. The van der Waals surface area contributed by atoms with E-state index in [4.69, 9.17) is 21.4 Å². The second-order valence-corrected chi connectivity index (χ2v) is 7.62. The molecule has 2 aromatic rings. The Morgan fingerprint density at radius 1 is 1.18 bits per heavy atom. The molecule has 0 heterocycles. The highest BCUT2D eigenvalue weighted by Gasteiger charge is 2.21. The van der Waals surface area contributed by atoms with Gasteiger partial charge in [-0.05, 0) is 42.0 Å². The fourth-order valence-electron chi connectivity index (χ4n) is 2.25. The average molecular weight is 425 g/mol. The van der Waals surface area contributed by atoms with Gasteiger partial charge in [-0.25, -0.2) is 13.2 Å². The molecule has 3 N–H and O–H groups in total. The van der Waals surface area contributed by atoms with Crippen LogP contribution in [0, 0.1) is 0 Å². The summed E-state index contributed by atoms with van der Waals surface area (Å²) >= 11 is 6.11. The van der Waals surface area contributed by atoms with Crippen LogP contribution in [0.2, 0.25) is 5.02 Å². The number of sulfonamides is 1. The highest BCUT2D eigenvalue weighted by molar-refractivity contribution is 7.92. The van der Waals surface area contributed by atoms with E-state index in [-0.39, 0.29) is 27.3 Å². The summed E-state index contributed by atoms with van der Waals surface area (Å²) in [6.07, 6.45) is 2.15. The van der Waals surface area contributed by atoms with Gasteiger partial charge in [-0.1, -0.05) is 17.7 Å². The van der Waals surface area contributed by atoms with Gasteiger partial charge in [0.05, 0.1) is 17.8 Å². The molecular formula is C18H17ClN2O6S. The van der Waals surface area contributed by atoms with Crippen molar-refractivity contribution in [1.82, 2.24) is 0 Å². The van der Waals surface area contributed by atoms with Crippen molar-refractivity contribution in [2.24, 2.45) is 0 Å². The minimum Gasteiger partial charge on any atom is -0.495 e. The number of methoxy groups -OCH3 is 1. The molecule has 8 nitrogen and oxygen atoms in total. The van der Waals surface area contributed by atoms with Crippen molar-refractivity contribution in [2.45, 2.75) is 11.8 Å². The van der Waals surface area contributed by atoms with E-state index in [0.717, 1.165) is 6.08 Å². The van der Waals surface area contributed by atoms with Crippen molar-refractivity contribution in [2.75, 3.05) is 17.1 Å². The molecule has 0 fully saturated rings. The Kier molecular flexibility index (Phi) is 6.66. The number of hydrogen-bond donors (Lipinski definition) is 3. The standard InChI is InChI=1S/C18H17ClN2O6S/c1-11(22)20-13-5-6-15(14(19)10-13)21-28(25,26)17-9-12(4-8-18(23)24)3-7-16(17)27-2/h3-10,21H,1-2H3,(H,20,22)(H,23,24)/b8-4+. The Hall–Kier alpha value is -3.04. The van der Waals surface area contributed by atoms with Gasteiger partial charge in [0.2, 0.25) is 5.91 Å². The number of carbonyl (C=O) groups excluding carboxylic acids is 1. The fraction of sp³-hybridized carbons (Fsp3) is 0.111. The zero-order chi connectivity index (χ0) is 20.9. The Bertz CT molecular complexity index is 1050. The van der Waals surface area contributed by atoms with Crippen LogP contribution in [0.25, 0.3) is 6.08 Å². The maximum atomic E-state index is 12.8. The summed E-state index contributed by atoms with van der Waals surface area (Å²) < 4.78 is 33.1. The number of carboxylic acid groups (broad SMARTS) is 1. The molecule has 0 aliphatic heterocycles. The van der Waals surface area contributed by atoms with Gasteiger partial charge < -0.3 is 15.2 Å². The van der Waals surface area contributed by atoms with Crippen LogP contribution in [0.4, 0.5) is 11.4 Å². The van der Waals surface area contributed by atoms with Gasteiger partial charge in [0.15, 0.2) is 0 Å². The molecule has 0 spiro atoms. The first-order chi connectivity index (χ1) is 13.1. The molecule has 0 saturated heterocycles. The quantitative estimate of drug-likeness (QED) is 0.586. The van der Waals surface area contributed by atoms with Gasteiger partial charge in [0.25, 0.3) is 10.0 Å². The van der Waals surface area contributed by atoms with Crippen LogP contribution in [0.3, 0.4) is 0 Å². The van der Waals surface area contributed by atoms with Crippen LogP contribution >= 0.6 is 11.6 Å². The Morgan fingerprint density at radius 2 is 1.89 bits per heavy atom. The molecule has 0 atom stereocenters. The van der Waals surface area contributed by atoms with Crippen LogP contribution < -0.4 is 14.8 Å². The summed E-state index contributed by atoms with van der Waals surface area (Å²) in [6.45, 7) is 1.34. The third kappa shape index (κ3) is 5.48. The van der Waals surface area contributed by atoms with Crippen molar-refractivity contribution in [1.29, 1.82) is 0 Å². The second kappa shape index (κ2) is 8.77. The van der Waals surface area contributed by atoms with Gasteiger partial charge in [-0.2, -0.15) is 0 Å². The first-order valence-corrected chi connectivity index (χ1v) is 9.67. The number of rotatable bonds is 7. The molecule has 0 saturated carbocycles. The summed E-state index contributed by atoms with van der Waals surface area (Å²) in [6, 6.07) is 8.52. The third-order valence-corrected chi connectivity index (χ3v) is 5.13. The largest absolute Gasteiger partial charge is 0.495 e. The summed E-state index contributed by atoms with van der Waals surface area (Å²) in [5.41, 5.74) is 0.874. The molecule has 1 amide bonds. The van der Waals surface area contributed by atoms with Crippen molar-refractivity contribution in [3.63, 3.8) is 0 Å². The molecule has 0 radical (unpaired) electrons. The molecule has 0 aromatic heterocycles. The zero-order valence-electron chi connectivity index (χ0n) is 14.9. The predicted molar refractivity (Wildman–Crippen MR) is 106 cm³/mol. The van der Waals surface area contributed by atoms with Crippen LogP contribution in [0.15, 0.2) is 47.4 Å². The second-order valence-electron chi connectivity index (χ2n) is 5.56. The SMILES string of the molecule is COc1ccc(/C=C/C(=O)O)cc1S(=O)(=O)Nc1ccc(NC(C)=O)cc1Cl. The zero-order valence-corrected chi connectivity index (χ0v) is 16.5. The number of halogens is 1. The predicted octanol–water partition coefficient (Wildman–Crippen LogP) is 3.21. The van der Waals surface area contributed by atoms with Crippen molar-refractivity contribution in [3.05, 3.63) is 53.1 Å². The lowest BCUT2D eigenvalue weighted by molar-refractivity contribution is -0.131. The molecule has 28 heavy (non-hydrogen) atoms. The third-order valence-electron chi connectivity index (χ3n) is 3.43. The van der Waals surface area contributed by atoms with Crippen LogP contribution in [-0.4, -0.2) is 32.5 Å². The van der Waals surface area contributed by atoms with Crippen molar-refractivity contribution < 1.29 is 27.9 Å². The number of anilines is 2. The highest BCUT2D eigenvalue weighted by Crippen LogP contribution is 2.31. The monoisotopic (exact) mass is 424 g/mol. The molecule has 0 bridgehead atoms. The van der Waals surface area contributed by atoms with Crippen LogP contribution in [0.5, 0.6) is 5.75 Å². The van der Waals surface area contributed by atoms with E-state index < -0.39 is 16.0 Å². The molecular weight excluding hydrogens is 408 g/mol. The van der Waals surface area contributed by atoms with Gasteiger partial charge in [-0.15, -0.1) is 0 Å². The minimum absolute atomic E-state index is 0.0750. The normalized spacial score (nSPS) is 11.2. The number of hydrogen-bond acceptors (Lipinski definition) is 5. The molecule has 2 aromatic carbocycles. The molecule has 148 valence electrons. The number of ether oxygens (including phenoxy) is 1. The number of carbonyl (C=O) groups is 2. The molecule has 0 aliphatic carbocycles. The Balaban J connectivity index is 2.40. The Labute approximate surface area is 166 Å². The molecule has 0 unspecified atom stereocenters. The highest BCUT2D eigenvalue weighted by atomic mass is 35.5. The topological polar surface area (TPSA) is 122 Å². The molecule has 10 heteroatoms. The van der Waals surface area contributed by atoms with E-state index in [1.165, 1.54) is 56.5 Å². The summed E-state index contributed by atoms with van der Waals surface area (Å²) in [4.78, 5) is 21.6. The summed E-state index contributed by atoms with van der Waals surface area (Å²) in [5.74, 6) is -1.38. The van der Waals surface area contributed by atoms with E-state index in [9.17, 15) is 18.0 Å². The van der Waals surface area contributed by atoms with Crippen molar-refractivity contribution in [3.8, 4) is 5.75 Å². The first-order valence-electron chi connectivity index (χ1n) is 7.81. The van der Waals surface area contributed by atoms with Gasteiger partial charge in [0.1, 0.15) is 10.6 Å². The fourth-order valence-corrected chi connectivity index (χ4v) is 3.82. The van der Waals surface area contributed by atoms with Crippen LogP contribution in [0.1, 0.15) is 12.5 Å². The van der Waals surface area contributed by atoms with E-state index in [0.29, 0.717) is 11.3 Å². The van der Waals surface area contributed by atoms with E-state index >= 15 is 0 Å². The summed E-state index contributed by atoms with van der Waals surface area (Å²) in [7, 11) is -2.79. The van der Waals surface area contributed by atoms with Gasteiger partial charge in [0, 0.05) is 18.7 Å². The summed E-state index contributed by atoms with van der Waals surface area (Å²) in [5, 5.41) is 11.3. The van der Waals surface area contributed by atoms with Crippen molar-refractivity contribution >= 4 is 51.0 Å². The average Bonchev–Trinajstić information content (AvgIpc) is 2.61. The smallest absolute Gasteiger partial charge is 0.328 e. The van der Waals surface area contributed by atoms with Gasteiger partial charge in [-0.3, -0.25) is 9.52 Å². The number of nitrogens with one attached hydrogen (secondary N) is 2.